The Hall–Kier alpha value is -1.43. The number of hydrogen-bond donors (Lipinski definition) is 1. The number of carbonyl (C=O) groups excluding carboxylic acids is 1. The van der Waals surface area contributed by atoms with Gasteiger partial charge in [0.2, 0.25) is 0 Å². The fourth-order valence-corrected chi connectivity index (χ4v) is 3.65. The van der Waals surface area contributed by atoms with Crippen LogP contribution in [0.2, 0.25) is 0 Å². The van der Waals surface area contributed by atoms with Crippen LogP contribution in [0.3, 0.4) is 0 Å². The molecule has 0 spiro atoms. The number of hydrogen-bond acceptors (Lipinski definition) is 5. The van der Waals surface area contributed by atoms with Gasteiger partial charge in [0.25, 0.3) is 0 Å². The third-order valence-corrected chi connectivity index (χ3v) is 5.12. The zero-order chi connectivity index (χ0) is 16.5. The van der Waals surface area contributed by atoms with Crippen LogP contribution in [0.4, 0.5) is 5.69 Å². The molecule has 1 N–H and O–H groups in total. The van der Waals surface area contributed by atoms with Crippen LogP contribution in [0.1, 0.15) is 44.6 Å². The lowest BCUT2D eigenvalue weighted by molar-refractivity contribution is -0.155. The molecule has 0 amide bonds. The van der Waals surface area contributed by atoms with Crippen LogP contribution in [-0.2, 0) is 19.9 Å². The molecular formula is C18H25NO4. The third-order valence-electron chi connectivity index (χ3n) is 5.12. The lowest BCUT2D eigenvalue weighted by atomic mass is 9.80. The van der Waals surface area contributed by atoms with Crippen LogP contribution in [0.25, 0.3) is 0 Å². The average Bonchev–Trinajstić information content (AvgIpc) is 2.93. The van der Waals surface area contributed by atoms with E-state index in [1.165, 1.54) is 6.42 Å². The van der Waals surface area contributed by atoms with E-state index in [-0.39, 0.29) is 0 Å². The van der Waals surface area contributed by atoms with Gasteiger partial charge in [0, 0.05) is 12.8 Å². The van der Waals surface area contributed by atoms with E-state index in [9.17, 15) is 9.90 Å². The van der Waals surface area contributed by atoms with Gasteiger partial charge in [-0.3, -0.25) is 4.79 Å². The number of aldehydes is 1. The summed E-state index contributed by atoms with van der Waals surface area (Å²) in [5.41, 5.74) is 0.116. The largest absolute Gasteiger partial charge is 0.385 e. The molecule has 1 saturated heterocycles. The van der Waals surface area contributed by atoms with Crippen molar-refractivity contribution in [1.29, 1.82) is 0 Å². The number of ether oxygens (including phenoxy) is 2. The second-order valence-electron chi connectivity index (χ2n) is 6.71. The SMILES string of the molecule is COC1CN(c2ccc(C3(O)CCCCC3)cc2)C(C)(C=O)O1. The van der Waals surface area contributed by atoms with Gasteiger partial charge >= 0.3 is 0 Å². The van der Waals surface area contributed by atoms with Crippen LogP contribution in [0, 0.1) is 0 Å². The van der Waals surface area contributed by atoms with E-state index in [1.807, 2.05) is 29.2 Å². The number of methoxy groups -OCH3 is 1. The van der Waals surface area contributed by atoms with Crippen molar-refractivity contribution < 1.29 is 19.4 Å². The molecule has 2 aliphatic rings. The molecule has 2 fully saturated rings. The highest BCUT2D eigenvalue weighted by atomic mass is 16.7. The van der Waals surface area contributed by atoms with Crippen molar-refractivity contribution in [3.63, 3.8) is 0 Å². The normalized spacial score (nSPS) is 30.4. The van der Waals surface area contributed by atoms with Crippen LogP contribution >= 0.6 is 0 Å². The molecule has 2 unspecified atom stereocenters. The zero-order valence-electron chi connectivity index (χ0n) is 13.8. The predicted molar refractivity (Wildman–Crippen MR) is 87.1 cm³/mol. The average molecular weight is 319 g/mol. The summed E-state index contributed by atoms with van der Waals surface area (Å²) in [5, 5.41) is 10.8. The van der Waals surface area contributed by atoms with Crippen molar-refractivity contribution in [3.8, 4) is 0 Å². The molecule has 1 aliphatic carbocycles. The summed E-state index contributed by atoms with van der Waals surface area (Å²) in [6.45, 7) is 2.23. The highest BCUT2D eigenvalue weighted by Gasteiger charge is 2.43. The molecule has 1 heterocycles. The summed E-state index contributed by atoms with van der Waals surface area (Å²) in [6.07, 6.45) is 5.34. The molecule has 23 heavy (non-hydrogen) atoms. The molecule has 0 bridgehead atoms. The summed E-state index contributed by atoms with van der Waals surface area (Å²) >= 11 is 0. The highest BCUT2D eigenvalue weighted by molar-refractivity contribution is 5.70. The number of benzene rings is 1. The summed E-state index contributed by atoms with van der Waals surface area (Å²) in [6, 6.07) is 7.83. The maximum atomic E-state index is 11.5. The predicted octanol–water partition coefficient (Wildman–Crippen LogP) is 2.56. The standard InChI is InChI=1S/C18H25NO4/c1-17(13-20)19(12-16(22-2)23-17)15-8-6-14(7-9-15)18(21)10-4-3-5-11-18/h6-9,13,16,21H,3-5,10-12H2,1-2H3. The molecule has 2 atom stereocenters. The van der Waals surface area contributed by atoms with E-state index in [0.717, 1.165) is 43.2 Å². The van der Waals surface area contributed by atoms with E-state index in [4.69, 9.17) is 9.47 Å². The molecule has 1 aromatic rings. The number of carbonyl (C=O) groups is 1. The van der Waals surface area contributed by atoms with Gasteiger partial charge < -0.3 is 19.5 Å². The van der Waals surface area contributed by atoms with Crippen molar-refractivity contribution >= 4 is 12.0 Å². The van der Waals surface area contributed by atoms with Crippen LogP contribution in [0.5, 0.6) is 0 Å². The van der Waals surface area contributed by atoms with Gasteiger partial charge in [-0.15, -0.1) is 0 Å². The zero-order valence-corrected chi connectivity index (χ0v) is 13.8. The van der Waals surface area contributed by atoms with Gasteiger partial charge in [0.15, 0.2) is 18.3 Å². The highest BCUT2D eigenvalue weighted by Crippen LogP contribution is 2.38. The van der Waals surface area contributed by atoms with Crippen LogP contribution in [-0.4, -0.2) is 37.1 Å². The Labute approximate surface area is 137 Å². The maximum absolute atomic E-state index is 11.5. The molecule has 126 valence electrons. The van der Waals surface area contributed by atoms with Gasteiger partial charge in [-0.1, -0.05) is 31.4 Å². The van der Waals surface area contributed by atoms with Gasteiger partial charge in [-0.25, -0.2) is 0 Å². The van der Waals surface area contributed by atoms with Gasteiger partial charge in [0.1, 0.15) is 0 Å². The van der Waals surface area contributed by atoms with Crippen LogP contribution in [0.15, 0.2) is 24.3 Å². The quantitative estimate of drug-likeness (QED) is 0.864. The molecule has 5 nitrogen and oxygen atoms in total. The second kappa shape index (κ2) is 6.23. The summed E-state index contributed by atoms with van der Waals surface area (Å²) in [5.74, 6) is 0. The first kappa shape index (κ1) is 16.4. The first-order valence-electron chi connectivity index (χ1n) is 8.28. The molecule has 1 saturated carbocycles. The van der Waals surface area contributed by atoms with E-state index in [1.54, 1.807) is 14.0 Å². The lowest BCUT2D eigenvalue weighted by Gasteiger charge is -2.34. The maximum Gasteiger partial charge on any atom is 0.198 e. The number of aliphatic hydroxyl groups is 1. The Balaban J connectivity index is 1.83. The molecule has 0 aromatic heterocycles. The number of anilines is 1. The van der Waals surface area contributed by atoms with E-state index >= 15 is 0 Å². The van der Waals surface area contributed by atoms with Crippen molar-refractivity contribution in [1.82, 2.24) is 0 Å². The van der Waals surface area contributed by atoms with Gasteiger partial charge in [0.05, 0.1) is 12.1 Å². The molecule has 0 radical (unpaired) electrons. The Kier molecular flexibility index (Phi) is 4.45. The number of nitrogens with zero attached hydrogens (tertiary/aromatic N) is 1. The molecule has 1 aromatic carbocycles. The summed E-state index contributed by atoms with van der Waals surface area (Å²) < 4.78 is 10.9. The minimum atomic E-state index is -1.02. The number of rotatable bonds is 4. The third kappa shape index (κ3) is 3.01. The van der Waals surface area contributed by atoms with E-state index in [0.29, 0.717) is 6.54 Å². The molecular weight excluding hydrogens is 294 g/mol. The van der Waals surface area contributed by atoms with Crippen molar-refractivity contribution in [2.45, 2.75) is 56.6 Å². The van der Waals surface area contributed by atoms with E-state index in [2.05, 4.69) is 0 Å². The molecule has 3 rings (SSSR count). The second-order valence-corrected chi connectivity index (χ2v) is 6.71. The smallest absolute Gasteiger partial charge is 0.198 e. The Bertz CT molecular complexity index is 553. The van der Waals surface area contributed by atoms with Crippen molar-refractivity contribution in [3.05, 3.63) is 29.8 Å². The minimum Gasteiger partial charge on any atom is -0.385 e. The van der Waals surface area contributed by atoms with Gasteiger partial charge in [-0.05, 0) is 37.5 Å². The van der Waals surface area contributed by atoms with Crippen LogP contribution < -0.4 is 4.90 Å². The van der Waals surface area contributed by atoms with Gasteiger partial charge in [-0.2, -0.15) is 0 Å². The van der Waals surface area contributed by atoms with E-state index < -0.39 is 17.6 Å². The Morgan fingerprint density at radius 2 is 1.91 bits per heavy atom. The fourth-order valence-electron chi connectivity index (χ4n) is 3.65. The summed E-state index contributed by atoms with van der Waals surface area (Å²) in [7, 11) is 1.57. The Morgan fingerprint density at radius 3 is 2.48 bits per heavy atom. The topological polar surface area (TPSA) is 59.0 Å². The lowest BCUT2D eigenvalue weighted by Crippen LogP contribution is -2.43. The first-order chi connectivity index (χ1) is 11.0. The van der Waals surface area contributed by atoms with Crippen molar-refractivity contribution in [2.24, 2.45) is 0 Å². The summed E-state index contributed by atoms with van der Waals surface area (Å²) in [4.78, 5) is 13.4. The minimum absolute atomic E-state index is 0.424. The molecule has 5 heteroatoms. The van der Waals surface area contributed by atoms with Crippen molar-refractivity contribution in [2.75, 3.05) is 18.6 Å². The Morgan fingerprint density at radius 1 is 1.26 bits per heavy atom. The molecule has 1 aliphatic heterocycles. The fraction of sp³-hybridized carbons (Fsp3) is 0.611. The monoisotopic (exact) mass is 319 g/mol. The first-order valence-corrected chi connectivity index (χ1v) is 8.28.